The molecule has 1 amide bonds. The minimum Gasteiger partial charge on any atom is -0.493 e. The second-order valence-electron chi connectivity index (χ2n) is 6.84. The number of aromatic nitrogens is 2. The highest BCUT2D eigenvalue weighted by atomic mass is 19.1. The van der Waals surface area contributed by atoms with Crippen molar-refractivity contribution in [3.8, 4) is 22.9 Å². The van der Waals surface area contributed by atoms with Crippen molar-refractivity contribution in [3.05, 3.63) is 59.5 Å². The van der Waals surface area contributed by atoms with E-state index in [-0.39, 0.29) is 11.5 Å². The van der Waals surface area contributed by atoms with Gasteiger partial charge in [-0.3, -0.25) is 4.79 Å². The number of carbonyl (C=O) groups excluding carboxylic acids is 1. The Morgan fingerprint density at radius 2 is 1.83 bits per heavy atom. The van der Waals surface area contributed by atoms with Gasteiger partial charge in [0.2, 0.25) is 11.7 Å². The van der Waals surface area contributed by atoms with Crippen molar-refractivity contribution in [2.24, 2.45) is 0 Å². The molecule has 1 saturated heterocycles. The molecule has 4 rings (SSSR count). The van der Waals surface area contributed by atoms with Crippen LogP contribution < -0.4 is 9.47 Å². The molecule has 1 aliphatic rings. The maximum Gasteiger partial charge on any atom is 0.254 e. The van der Waals surface area contributed by atoms with E-state index >= 15 is 0 Å². The van der Waals surface area contributed by atoms with E-state index in [1.807, 2.05) is 0 Å². The van der Waals surface area contributed by atoms with Crippen molar-refractivity contribution < 1.29 is 27.6 Å². The van der Waals surface area contributed by atoms with Gasteiger partial charge < -0.3 is 18.9 Å². The fraction of sp³-hybridized carbons (Fsp3) is 0.286. The minimum atomic E-state index is -0.803. The second kappa shape index (κ2) is 8.10. The van der Waals surface area contributed by atoms with Crippen LogP contribution in [0.4, 0.5) is 8.78 Å². The third kappa shape index (κ3) is 3.70. The van der Waals surface area contributed by atoms with Crippen LogP contribution in [0.1, 0.15) is 35.1 Å². The summed E-state index contributed by atoms with van der Waals surface area (Å²) < 4.78 is 43.0. The highest BCUT2D eigenvalue weighted by Gasteiger charge is 2.35. The number of nitrogens with zero attached hydrogens (tertiary/aromatic N) is 3. The van der Waals surface area contributed by atoms with E-state index < -0.39 is 23.6 Å². The Kier molecular flexibility index (Phi) is 5.35. The molecule has 0 radical (unpaired) electrons. The Bertz CT molecular complexity index is 1070. The summed E-state index contributed by atoms with van der Waals surface area (Å²) in [5.74, 6) is -0.399. The lowest BCUT2D eigenvalue weighted by molar-refractivity contribution is 0.0709. The zero-order valence-electron chi connectivity index (χ0n) is 16.4. The van der Waals surface area contributed by atoms with Crippen LogP contribution in [0.3, 0.4) is 0 Å². The normalized spacial score (nSPS) is 16.0. The Hall–Kier alpha value is -3.49. The molecule has 0 aliphatic carbocycles. The van der Waals surface area contributed by atoms with E-state index in [9.17, 15) is 13.6 Å². The number of halogens is 2. The highest BCUT2D eigenvalue weighted by molar-refractivity contribution is 5.94. The van der Waals surface area contributed by atoms with Crippen molar-refractivity contribution in [1.82, 2.24) is 15.0 Å². The number of carbonyl (C=O) groups is 1. The van der Waals surface area contributed by atoms with Gasteiger partial charge in [-0.05, 0) is 43.2 Å². The van der Waals surface area contributed by atoms with Crippen LogP contribution >= 0.6 is 0 Å². The molecule has 0 N–H and O–H groups in total. The van der Waals surface area contributed by atoms with Gasteiger partial charge in [-0.25, -0.2) is 8.78 Å². The molecule has 30 heavy (non-hydrogen) atoms. The summed E-state index contributed by atoms with van der Waals surface area (Å²) in [6, 6.07) is 7.52. The zero-order valence-corrected chi connectivity index (χ0v) is 16.4. The summed E-state index contributed by atoms with van der Waals surface area (Å²) in [7, 11) is 3.07. The molecule has 156 valence electrons. The van der Waals surface area contributed by atoms with Gasteiger partial charge in [0.15, 0.2) is 11.5 Å². The van der Waals surface area contributed by atoms with E-state index in [1.54, 1.807) is 25.3 Å². The number of hydrogen-bond donors (Lipinski definition) is 0. The molecule has 0 spiro atoms. The number of amides is 1. The number of methoxy groups -OCH3 is 2. The van der Waals surface area contributed by atoms with Crippen molar-refractivity contribution in [3.63, 3.8) is 0 Å². The third-order valence-electron chi connectivity index (χ3n) is 4.99. The van der Waals surface area contributed by atoms with E-state index in [4.69, 9.17) is 14.0 Å². The maximum atomic E-state index is 13.5. The Labute approximate surface area is 171 Å². The number of benzene rings is 2. The van der Waals surface area contributed by atoms with Gasteiger partial charge in [0.05, 0.1) is 14.2 Å². The molecule has 1 fully saturated rings. The molecule has 1 aromatic heterocycles. The molecular weight excluding hydrogens is 396 g/mol. The van der Waals surface area contributed by atoms with Crippen LogP contribution in [-0.2, 0) is 0 Å². The number of likely N-dealkylation sites (tertiary alicyclic amines) is 1. The van der Waals surface area contributed by atoms with E-state index in [0.29, 0.717) is 42.3 Å². The first-order valence-electron chi connectivity index (χ1n) is 9.33. The van der Waals surface area contributed by atoms with Crippen molar-refractivity contribution in [1.29, 1.82) is 0 Å². The molecule has 1 aliphatic heterocycles. The summed E-state index contributed by atoms with van der Waals surface area (Å²) >= 11 is 0. The van der Waals surface area contributed by atoms with Crippen LogP contribution in [0.15, 0.2) is 40.9 Å². The van der Waals surface area contributed by atoms with E-state index in [0.717, 1.165) is 18.2 Å². The summed E-state index contributed by atoms with van der Waals surface area (Å²) in [6.07, 6.45) is 1.32. The molecule has 7 nitrogen and oxygen atoms in total. The lowest BCUT2D eigenvalue weighted by atomic mass is 10.1. The molecule has 0 bridgehead atoms. The SMILES string of the molecule is COc1ccc(-c2noc([C@@H]3CCCN3C(=O)c3cc(F)cc(F)c3)n2)cc1OC. The molecule has 9 heteroatoms. The number of rotatable bonds is 5. The van der Waals surface area contributed by atoms with Crippen molar-refractivity contribution in [2.45, 2.75) is 18.9 Å². The first-order valence-corrected chi connectivity index (χ1v) is 9.33. The largest absolute Gasteiger partial charge is 0.493 e. The smallest absolute Gasteiger partial charge is 0.254 e. The number of ether oxygens (including phenoxy) is 2. The minimum absolute atomic E-state index is 0.0565. The van der Waals surface area contributed by atoms with Crippen molar-refractivity contribution >= 4 is 5.91 Å². The van der Waals surface area contributed by atoms with Crippen LogP contribution in [0.25, 0.3) is 11.4 Å². The molecule has 2 heterocycles. The quantitative estimate of drug-likeness (QED) is 0.627. The van der Waals surface area contributed by atoms with E-state index in [2.05, 4.69) is 10.1 Å². The molecular formula is C21H19F2N3O4. The molecule has 3 aromatic rings. The van der Waals surface area contributed by atoms with E-state index in [1.165, 1.54) is 12.0 Å². The van der Waals surface area contributed by atoms with Crippen LogP contribution in [0, 0.1) is 11.6 Å². The fourth-order valence-electron chi connectivity index (χ4n) is 3.57. The van der Waals surface area contributed by atoms with Gasteiger partial charge in [0.1, 0.15) is 17.7 Å². The van der Waals surface area contributed by atoms with Crippen LogP contribution in [-0.4, -0.2) is 41.7 Å². The second-order valence-corrected chi connectivity index (χ2v) is 6.84. The predicted molar refractivity (Wildman–Crippen MR) is 102 cm³/mol. The molecule has 0 unspecified atom stereocenters. The van der Waals surface area contributed by atoms with Gasteiger partial charge >= 0.3 is 0 Å². The third-order valence-corrected chi connectivity index (χ3v) is 4.99. The fourth-order valence-corrected chi connectivity index (χ4v) is 3.57. The van der Waals surface area contributed by atoms with Gasteiger partial charge in [0.25, 0.3) is 5.91 Å². The van der Waals surface area contributed by atoms with Gasteiger partial charge in [-0.2, -0.15) is 4.98 Å². The summed E-state index contributed by atoms with van der Waals surface area (Å²) in [5.41, 5.74) is 0.602. The summed E-state index contributed by atoms with van der Waals surface area (Å²) in [6.45, 7) is 0.426. The number of hydrogen-bond acceptors (Lipinski definition) is 6. The van der Waals surface area contributed by atoms with Crippen LogP contribution in [0.5, 0.6) is 11.5 Å². The Morgan fingerprint density at radius 1 is 1.10 bits per heavy atom. The average molecular weight is 415 g/mol. The Morgan fingerprint density at radius 3 is 2.53 bits per heavy atom. The predicted octanol–water partition coefficient (Wildman–Crippen LogP) is 4.01. The first kappa shape index (κ1) is 19.8. The highest BCUT2D eigenvalue weighted by Crippen LogP contribution is 2.35. The topological polar surface area (TPSA) is 77.7 Å². The average Bonchev–Trinajstić information content (AvgIpc) is 3.41. The molecule has 1 atom stereocenters. The molecule has 0 saturated carbocycles. The Balaban J connectivity index is 1.60. The summed E-state index contributed by atoms with van der Waals surface area (Å²) in [5, 5.41) is 4.02. The maximum absolute atomic E-state index is 13.5. The van der Waals surface area contributed by atoms with Gasteiger partial charge in [-0.1, -0.05) is 5.16 Å². The lowest BCUT2D eigenvalue weighted by Crippen LogP contribution is -2.30. The molecule has 2 aromatic carbocycles. The van der Waals surface area contributed by atoms with Crippen LogP contribution in [0.2, 0.25) is 0 Å². The van der Waals surface area contributed by atoms with Gasteiger partial charge in [0, 0.05) is 23.7 Å². The van der Waals surface area contributed by atoms with Gasteiger partial charge in [-0.15, -0.1) is 0 Å². The zero-order chi connectivity index (χ0) is 21.3. The summed E-state index contributed by atoms with van der Waals surface area (Å²) in [4.78, 5) is 18.8. The monoisotopic (exact) mass is 415 g/mol. The van der Waals surface area contributed by atoms with Crippen molar-refractivity contribution in [2.75, 3.05) is 20.8 Å². The standard InChI is InChI=1S/C21H19F2N3O4/c1-28-17-6-5-12(10-18(17)29-2)19-24-20(30-25-19)16-4-3-7-26(16)21(27)13-8-14(22)11-15(23)9-13/h5-6,8-11,16H,3-4,7H2,1-2H3/t16-/m0/s1. The first-order chi connectivity index (χ1) is 14.5. The lowest BCUT2D eigenvalue weighted by Gasteiger charge is -2.22.